The highest BCUT2D eigenvalue weighted by Crippen LogP contribution is 2.22. The number of ether oxygens (including phenoxy) is 1. The van der Waals surface area contributed by atoms with E-state index in [1.807, 2.05) is 17.0 Å². The van der Waals surface area contributed by atoms with Gasteiger partial charge in [0.1, 0.15) is 5.82 Å². The predicted octanol–water partition coefficient (Wildman–Crippen LogP) is 0.918. The number of halogens is 1. The Morgan fingerprint density at radius 1 is 1.09 bits per heavy atom. The molecular formula is C23H37FN6O2. The molecule has 0 aliphatic carbocycles. The Balaban J connectivity index is 1.56. The summed E-state index contributed by atoms with van der Waals surface area (Å²) in [6.07, 6.45) is 0. The van der Waals surface area contributed by atoms with Gasteiger partial charge in [0.15, 0.2) is 5.96 Å². The molecule has 9 heteroatoms. The second-order valence-corrected chi connectivity index (χ2v) is 8.21. The SMILES string of the molecule is CCNC(=NCC(c1ccc(F)cc1)N1CCOCC1)NCCN1CCN(C(C)=O)CC1. The van der Waals surface area contributed by atoms with Crippen molar-refractivity contribution in [2.75, 3.05) is 78.7 Å². The smallest absolute Gasteiger partial charge is 0.219 e. The van der Waals surface area contributed by atoms with Gasteiger partial charge in [0, 0.05) is 65.8 Å². The van der Waals surface area contributed by atoms with Crippen LogP contribution >= 0.6 is 0 Å². The van der Waals surface area contributed by atoms with E-state index in [4.69, 9.17) is 9.73 Å². The second kappa shape index (κ2) is 12.7. The summed E-state index contributed by atoms with van der Waals surface area (Å²) < 4.78 is 19.0. The Labute approximate surface area is 190 Å². The quantitative estimate of drug-likeness (QED) is 0.455. The van der Waals surface area contributed by atoms with E-state index in [1.165, 1.54) is 12.1 Å². The molecule has 0 saturated carbocycles. The topological polar surface area (TPSA) is 72.4 Å². The Kier molecular flexibility index (Phi) is 9.70. The molecule has 1 unspecified atom stereocenters. The number of piperazine rings is 1. The monoisotopic (exact) mass is 448 g/mol. The summed E-state index contributed by atoms with van der Waals surface area (Å²) in [6.45, 7) is 13.2. The van der Waals surface area contributed by atoms with Gasteiger partial charge in [-0.15, -0.1) is 0 Å². The highest BCUT2D eigenvalue weighted by Gasteiger charge is 2.23. The van der Waals surface area contributed by atoms with Gasteiger partial charge in [-0.3, -0.25) is 19.6 Å². The molecule has 2 fully saturated rings. The van der Waals surface area contributed by atoms with E-state index in [-0.39, 0.29) is 17.8 Å². The van der Waals surface area contributed by atoms with Crippen LogP contribution in [0.2, 0.25) is 0 Å². The van der Waals surface area contributed by atoms with Crippen LogP contribution in [-0.2, 0) is 9.53 Å². The lowest BCUT2D eigenvalue weighted by Crippen LogP contribution is -2.50. The fraction of sp³-hybridized carbons (Fsp3) is 0.652. The number of hydrogen-bond donors (Lipinski definition) is 2. The number of morpholine rings is 1. The van der Waals surface area contributed by atoms with E-state index in [0.29, 0.717) is 19.8 Å². The summed E-state index contributed by atoms with van der Waals surface area (Å²) in [5, 5.41) is 6.76. The zero-order chi connectivity index (χ0) is 22.8. The molecule has 0 spiro atoms. The zero-order valence-electron chi connectivity index (χ0n) is 19.4. The standard InChI is InChI=1S/C23H37FN6O2/c1-3-25-23(26-8-9-28-10-12-29(13-11-28)19(2)31)27-18-22(30-14-16-32-17-15-30)20-4-6-21(24)7-5-20/h4-7,22H,3,8-18H2,1-2H3,(H2,25,26,27). The molecule has 1 aromatic rings. The maximum Gasteiger partial charge on any atom is 0.219 e. The van der Waals surface area contributed by atoms with Crippen LogP contribution in [0.4, 0.5) is 4.39 Å². The predicted molar refractivity (Wildman–Crippen MR) is 124 cm³/mol. The molecule has 2 N–H and O–H groups in total. The number of aliphatic imine (C=N–C) groups is 1. The summed E-state index contributed by atoms with van der Waals surface area (Å²) in [4.78, 5) is 23.0. The second-order valence-electron chi connectivity index (χ2n) is 8.21. The van der Waals surface area contributed by atoms with Crippen LogP contribution in [0, 0.1) is 5.82 Å². The van der Waals surface area contributed by atoms with Crippen molar-refractivity contribution in [1.82, 2.24) is 25.3 Å². The van der Waals surface area contributed by atoms with Crippen LogP contribution in [0.5, 0.6) is 0 Å². The Morgan fingerprint density at radius 3 is 2.41 bits per heavy atom. The molecule has 0 bridgehead atoms. The Morgan fingerprint density at radius 2 is 1.78 bits per heavy atom. The van der Waals surface area contributed by atoms with E-state index < -0.39 is 0 Å². The lowest BCUT2D eigenvalue weighted by Gasteiger charge is -2.34. The van der Waals surface area contributed by atoms with Crippen molar-refractivity contribution in [3.05, 3.63) is 35.6 Å². The minimum atomic E-state index is -0.225. The Hall–Kier alpha value is -2.23. The lowest BCUT2D eigenvalue weighted by atomic mass is 10.0. The molecule has 0 aromatic heterocycles. The van der Waals surface area contributed by atoms with Crippen molar-refractivity contribution < 1.29 is 13.9 Å². The van der Waals surface area contributed by atoms with Gasteiger partial charge in [-0.2, -0.15) is 0 Å². The van der Waals surface area contributed by atoms with E-state index in [0.717, 1.165) is 70.4 Å². The maximum absolute atomic E-state index is 13.5. The average Bonchev–Trinajstić information content (AvgIpc) is 2.81. The van der Waals surface area contributed by atoms with Gasteiger partial charge < -0.3 is 20.3 Å². The molecule has 1 atom stereocenters. The van der Waals surface area contributed by atoms with Crippen LogP contribution in [0.15, 0.2) is 29.3 Å². The third kappa shape index (κ3) is 7.43. The van der Waals surface area contributed by atoms with Crippen molar-refractivity contribution in [3.63, 3.8) is 0 Å². The summed E-state index contributed by atoms with van der Waals surface area (Å²) in [5.41, 5.74) is 1.07. The molecule has 8 nitrogen and oxygen atoms in total. The van der Waals surface area contributed by atoms with E-state index >= 15 is 0 Å². The van der Waals surface area contributed by atoms with Gasteiger partial charge in [-0.25, -0.2) is 4.39 Å². The highest BCUT2D eigenvalue weighted by atomic mass is 19.1. The first-order valence-electron chi connectivity index (χ1n) is 11.6. The highest BCUT2D eigenvalue weighted by molar-refractivity contribution is 5.79. The third-order valence-electron chi connectivity index (χ3n) is 6.05. The van der Waals surface area contributed by atoms with Crippen molar-refractivity contribution in [2.24, 2.45) is 4.99 Å². The molecule has 0 radical (unpaired) electrons. The number of hydrogen-bond acceptors (Lipinski definition) is 5. The van der Waals surface area contributed by atoms with Gasteiger partial charge >= 0.3 is 0 Å². The molecule has 2 saturated heterocycles. The summed E-state index contributed by atoms with van der Waals surface area (Å²) >= 11 is 0. The molecule has 2 aliphatic rings. The number of nitrogens with one attached hydrogen (secondary N) is 2. The van der Waals surface area contributed by atoms with Gasteiger partial charge in [0.05, 0.1) is 25.8 Å². The van der Waals surface area contributed by atoms with E-state index in [2.05, 4.69) is 27.4 Å². The molecule has 178 valence electrons. The molecule has 3 rings (SSSR count). The molecule has 2 heterocycles. The number of amides is 1. The fourth-order valence-electron chi connectivity index (χ4n) is 4.14. The van der Waals surface area contributed by atoms with Gasteiger partial charge in [-0.1, -0.05) is 12.1 Å². The normalized spacial score (nSPS) is 19.6. The largest absolute Gasteiger partial charge is 0.379 e. The average molecular weight is 449 g/mol. The van der Waals surface area contributed by atoms with Crippen molar-refractivity contribution in [1.29, 1.82) is 0 Å². The van der Waals surface area contributed by atoms with Crippen molar-refractivity contribution in [3.8, 4) is 0 Å². The zero-order valence-corrected chi connectivity index (χ0v) is 19.4. The summed E-state index contributed by atoms with van der Waals surface area (Å²) in [7, 11) is 0. The third-order valence-corrected chi connectivity index (χ3v) is 6.05. The van der Waals surface area contributed by atoms with E-state index in [1.54, 1.807) is 6.92 Å². The number of nitrogens with zero attached hydrogens (tertiary/aromatic N) is 4. The fourth-order valence-corrected chi connectivity index (χ4v) is 4.14. The van der Waals surface area contributed by atoms with Crippen LogP contribution in [0.3, 0.4) is 0 Å². The number of rotatable bonds is 8. The maximum atomic E-state index is 13.5. The van der Waals surface area contributed by atoms with Gasteiger partial charge in [-0.05, 0) is 24.6 Å². The number of carbonyl (C=O) groups excluding carboxylic acids is 1. The first kappa shape index (κ1) is 24.4. The molecule has 32 heavy (non-hydrogen) atoms. The molecule has 1 aromatic carbocycles. The van der Waals surface area contributed by atoms with Crippen LogP contribution < -0.4 is 10.6 Å². The van der Waals surface area contributed by atoms with Gasteiger partial charge in [0.25, 0.3) is 0 Å². The number of benzene rings is 1. The van der Waals surface area contributed by atoms with Crippen LogP contribution in [0.25, 0.3) is 0 Å². The summed E-state index contributed by atoms with van der Waals surface area (Å²) in [6, 6.07) is 6.82. The Bertz CT molecular complexity index is 731. The molecular weight excluding hydrogens is 411 g/mol. The van der Waals surface area contributed by atoms with Crippen molar-refractivity contribution in [2.45, 2.75) is 19.9 Å². The first-order chi connectivity index (χ1) is 15.6. The van der Waals surface area contributed by atoms with Crippen molar-refractivity contribution >= 4 is 11.9 Å². The van der Waals surface area contributed by atoms with Crippen LogP contribution in [-0.4, -0.2) is 105 Å². The van der Waals surface area contributed by atoms with E-state index in [9.17, 15) is 9.18 Å². The molecule has 2 aliphatic heterocycles. The minimum Gasteiger partial charge on any atom is -0.379 e. The van der Waals surface area contributed by atoms with Crippen LogP contribution in [0.1, 0.15) is 25.5 Å². The lowest BCUT2D eigenvalue weighted by molar-refractivity contribution is -0.130. The minimum absolute atomic E-state index is 0.0783. The van der Waals surface area contributed by atoms with Gasteiger partial charge in [0.2, 0.25) is 5.91 Å². The summed E-state index contributed by atoms with van der Waals surface area (Å²) in [5.74, 6) is 0.715. The number of carbonyl (C=O) groups is 1. The first-order valence-corrected chi connectivity index (χ1v) is 11.6. The molecule has 1 amide bonds. The number of guanidine groups is 1.